The number of rotatable bonds is 6. The van der Waals surface area contributed by atoms with Crippen LogP contribution >= 0.6 is 11.6 Å². The second-order valence-electron chi connectivity index (χ2n) is 6.51. The number of amides is 1. The third-order valence-corrected chi connectivity index (χ3v) is 4.86. The van der Waals surface area contributed by atoms with Crippen LogP contribution in [0.3, 0.4) is 0 Å². The van der Waals surface area contributed by atoms with Crippen LogP contribution in [0.25, 0.3) is 0 Å². The van der Waals surface area contributed by atoms with E-state index in [0.717, 1.165) is 35.7 Å². The van der Waals surface area contributed by atoms with Crippen molar-refractivity contribution >= 4 is 29.2 Å². The lowest BCUT2D eigenvalue weighted by molar-refractivity contribution is -0.118. The Morgan fingerprint density at radius 3 is 2.85 bits per heavy atom. The molecule has 2 N–H and O–H groups in total. The highest BCUT2D eigenvalue weighted by Gasteiger charge is 2.23. The summed E-state index contributed by atoms with van der Waals surface area (Å²) in [6, 6.07) is 15.9. The fourth-order valence-electron chi connectivity index (χ4n) is 3.23. The standard InChI is InChI=1S/C21H25ClN4O/c1-23-21(25-15-16-6-4-8-18(22)14-16)24-12-5-10-20(27)26-13-11-17-7-2-3-9-19(17)26/h2-4,6-9,14H,5,10-13,15H2,1H3,(H2,23,24,25). The number of hydrogen-bond acceptors (Lipinski definition) is 2. The third-order valence-electron chi connectivity index (χ3n) is 4.62. The highest BCUT2D eigenvalue weighted by molar-refractivity contribution is 6.30. The normalized spacial score (nSPS) is 13.4. The molecule has 142 valence electrons. The molecule has 0 aromatic heterocycles. The first kappa shape index (κ1) is 19.2. The van der Waals surface area contributed by atoms with E-state index in [9.17, 15) is 4.79 Å². The SMILES string of the molecule is CN=C(NCCCC(=O)N1CCc2ccccc21)NCc1cccc(Cl)c1. The number of benzene rings is 2. The van der Waals surface area contributed by atoms with Crippen molar-refractivity contribution in [3.63, 3.8) is 0 Å². The Morgan fingerprint density at radius 1 is 1.19 bits per heavy atom. The van der Waals surface area contributed by atoms with Gasteiger partial charge in [0.2, 0.25) is 5.91 Å². The lowest BCUT2D eigenvalue weighted by Crippen LogP contribution is -2.37. The van der Waals surface area contributed by atoms with Gasteiger partial charge in [-0.3, -0.25) is 9.79 Å². The molecule has 27 heavy (non-hydrogen) atoms. The molecule has 2 aromatic carbocycles. The van der Waals surface area contributed by atoms with Crippen LogP contribution in [0.15, 0.2) is 53.5 Å². The van der Waals surface area contributed by atoms with Crippen molar-refractivity contribution in [2.24, 2.45) is 4.99 Å². The molecule has 0 spiro atoms. The molecule has 2 aromatic rings. The first-order chi connectivity index (χ1) is 13.2. The van der Waals surface area contributed by atoms with Gasteiger partial charge in [-0.25, -0.2) is 0 Å². The van der Waals surface area contributed by atoms with Crippen molar-refractivity contribution in [3.05, 3.63) is 64.7 Å². The minimum atomic E-state index is 0.184. The maximum atomic E-state index is 12.5. The van der Waals surface area contributed by atoms with Gasteiger partial charge in [0.25, 0.3) is 0 Å². The van der Waals surface area contributed by atoms with E-state index >= 15 is 0 Å². The maximum absolute atomic E-state index is 12.5. The zero-order valence-corrected chi connectivity index (χ0v) is 16.3. The zero-order chi connectivity index (χ0) is 19.1. The van der Waals surface area contributed by atoms with Crippen LogP contribution in [-0.4, -0.2) is 32.0 Å². The van der Waals surface area contributed by atoms with E-state index in [4.69, 9.17) is 11.6 Å². The number of halogens is 1. The van der Waals surface area contributed by atoms with Gasteiger partial charge in [-0.1, -0.05) is 41.9 Å². The number of anilines is 1. The van der Waals surface area contributed by atoms with Crippen molar-refractivity contribution in [3.8, 4) is 0 Å². The molecule has 0 aliphatic carbocycles. The maximum Gasteiger partial charge on any atom is 0.227 e. The summed E-state index contributed by atoms with van der Waals surface area (Å²) in [5.41, 5.74) is 3.41. The summed E-state index contributed by atoms with van der Waals surface area (Å²) in [6.07, 6.45) is 2.22. The first-order valence-corrected chi connectivity index (χ1v) is 9.62. The molecule has 1 aliphatic heterocycles. The number of nitrogens with one attached hydrogen (secondary N) is 2. The molecular formula is C21H25ClN4O. The fraction of sp³-hybridized carbons (Fsp3) is 0.333. The van der Waals surface area contributed by atoms with Crippen LogP contribution in [0.2, 0.25) is 5.02 Å². The van der Waals surface area contributed by atoms with Gasteiger partial charge in [0.15, 0.2) is 5.96 Å². The first-order valence-electron chi connectivity index (χ1n) is 9.24. The number of nitrogens with zero attached hydrogens (tertiary/aromatic N) is 2. The number of fused-ring (bicyclic) bond motifs is 1. The van der Waals surface area contributed by atoms with Gasteiger partial charge >= 0.3 is 0 Å². The van der Waals surface area contributed by atoms with Crippen LogP contribution in [0.1, 0.15) is 24.0 Å². The Bertz CT molecular complexity index is 821. The largest absolute Gasteiger partial charge is 0.356 e. The van der Waals surface area contributed by atoms with Crippen LogP contribution in [-0.2, 0) is 17.8 Å². The van der Waals surface area contributed by atoms with Gasteiger partial charge < -0.3 is 15.5 Å². The Balaban J connectivity index is 1.39. The Kier molecular flexibility index (Phi) is 6.71. The van der Waals surface area contributed by atoms with Gasteiger partial charge in [-0.05, 0) is 42.2 Å². The molecule has 1 aliphatic rings. The minimum Gasteiger partial charge on any atom is -0.356 e. The zero-order valence-electron chi connectivity index (χ0n) is 15.5. The second kappa shape index (κ2) is 9.42. The molecular weight excluding hydrogens is 360 g/mol. The third kappa shape index (κ3) is 5.23. The molecule has 1 amide bonds. The molecule has 0 atom stereocenters. The summed E-state index contributed by atoms with van der Waals surface area (Å²) in [6.45, 7) is 2.12. The van der Waals surface area contributed by atoms with Crippen LogP contribution in [0.4, 0.5) is 5.69 Å². The number of para-hydroxylation sites is 1. The van der Waals surface area contributed by atoms with Crippen molar-refractivity contribution in [1.82, 2.24) is 10.6 Å². The topological polar surface area (TPSA) is 56.7 Å². The van der Waals surface area contributed by atoms with Crippen molar-refractivity contribution in [2.75, 3.05) is 25.0 Å². The highest BCUT2D eigenvalue weighted by Crippen LogP contribution is 2.27. The van der Waals surface area contributed by atoms with Gasteiger partial charge in [0.1, 0.15) is 0 Å². The predicted octanol–water partition coefficient (Wildman–Crippen LogP) is 3.37. The molecule has 0 saturated heterocycles. The van der Waals surface area contributed by atoms with Crippen LogP contribution in [0.5, 0.6) is 0 Å². The summed E-state index contributed by atoms with van der Waals surface area (Å²) in [5.74, 6) is 0.901. The molecule has 0 saturated carbocycles. The van der Waals surface area contributed by atoms with Gasteiger partial charge in [0.05, 0.1) is 0 Å². The summed E-state index contributed by atoms with van der Waals surface area (Å²) in [7, 11) is 1.74. The van der Waals surface area contributed by atoms with E-state index in [-0.39, 0.29) is 5.91 Å². The Labute approximate surface area is 165 Å². The van der Waals surface area contributed by atoms with Gasteiger partial charge in [-0.2, -0.15) is 0 Å². The number of carbonyl (C=O) groups is 1. The summed E-state index contributed by atoms with van der Waals surface area (Å²) >= 11 is 6.00. The number of carbonyl (C=O) groups excluding carboxylic acids is 1. The summed E-state index contributed by atoms with van der Waals surface area (Å²) in [5, 5.41) is 7.23. The summed E-state index contributed by atoms with van der Waals surface area (Å²) < 4.78 is 0. The molecule has 0 bridgehead atoms. The molecule has 0 fully saturated rings. The van der Waals surface area contributed by atoms with Crippen molar-refractivity contribution in [2.45, 2.75) is 25.8 Å². The van der Waals surface area contributed by atoms with Crippen molar-refractivity contribution < 1.29 is 4.79 Å². The molecule has 5 nitrogen and oxygen atoms in total. The van der Waals surface area contributed by atoms with Crippen LogP contribution < -0.4 is 15.5 Å². The Morgan fingerprint density at radius 2 is 2.04 bits per heavy atom. The van der Waals surface area contributed by atoms with Crippen molar-refractivity contribution in [1.29, 1.82) is 0 Å². The van der Waals surface area contributed by atoms with Gasteiger partial charge in [0, 0.05) is 43.8 Å². The quantitative estimate of drug-likeness (QED) is 0.456. The average Bonchev–Trinajstić information content (AvgIpc) is 3.11. The van der Waals surface area contributed by atoms with E-state index in [2.05, 4.69) is 21.7 Å². The smallest absolute Gasteiger partial charge is 0.227 e. The Hall–Kier alpha value is -2.53. The highest BCUT2D eigenvalue weighted by atomic mass is 35.5. The van der Waals surface area contributed by atoms with Crippen LogP contribution in [0, 0.1) is 0 Å². The van der Waals surface area contributed by atoms with E-state index in [1.807, 2.05) is 47.4 Å². The van der Waals surface area contributed by atoms with Gasteiger partial charge in [-0.15, -0.1) is 0 Å². The lowest BCUT2D eigenvalue weighted by atomic mass is 10.2. The summed E-state index contributed by atoms with van der Waals surface area (Å²) in [4.78, 5) is 18.6. The minimum absolute atomic E-state index is 0.184. The molecule has 0 unspecified atom stereocenters. The number of hydrogen-bond donors (Lipinski definition) is 2. The monoisotopic (exact) mass is 384 g/mol. The fourth-order valence-corrected chi connectivity index (χ4v) is 3.44. The number of aliphatic imine (C=N–C) groups is 1. The molecule has 3 rings (SSSR count). The average molecular weight is 385 g/mol. The number of guanidine groups is 1. The molecule has 1 heterocycles. The van der Waals surface area contributed by atoms with E-state index in [1.165, 1.54) is 5.56 Å². The second-order valence-corrected chi connectivity index (χ2v) is 6.95. The molecule has 0 radical (unpaired) electrons. The lowest BCUT2D eigenvalue weighted by Gasteiger charge is -2.17. The van der Waals surface area contributed by atoms with E-state index in [0.29, 0.717) is 25.5 Å². The molecule has 6 heteroatoms. The van der Waals surface area contributed by atoms with E-state index < -0.39 is 0 Å². The predicted molar refractivity (Wildman–Crippen MR) is 111 cm³/mol. The van der Waals surface area contributed by atoms with E-state index in [1.54, 1.807) is 7.05 Å².